The highest BCUT2D eigenvalue weighted by molar-refractivity contribution is 6.69. The van der Waals surface area contributed by atoms with Crippen LogP contribution in [0.1, 0.15) is 111 Å². The molecule has 0 N–H and O–H groups in total. The van der Waals surface area contributed by atoms with E-state index in [4.69, 9.17) is 4.43 Å². The van der Waals surface area contributed by atoms with Gasteiger partial charge in [-0.05, 0) is 111 Å². The molecule has 1 nitrogen and oxygen atoms in total. The maximum Gasteiger partial charge on any atom is 0.184 e. The SMILES string of the molecule is CCCCCC[C@@H](C)[C@H]1CC[C@H]2[C@@H]3CC=C4C[C@@H](O[Si](C)(C)C)CC[C@]4(C)[C@H]3CC[C@]12C. The molecular formula is C30H54OSi. The Balaban J connectivity index is 1.45. The molecule has 0 radical (unpaired) electrons. The van der Waals surface area contributed by atoms with Gasteiger partial charge in [0.2, 0.25) is 0 Å². The fourth-order valence-corrected chi connectivity index (χ4v) is 10.5. The lowest BCUT2D eigenvalue weighted by Gasteiger charge is -2.58. The Morgan fingerprint density at radius 1 is 1.00 bits per heavy atom. The monoisotopic (exact) mass is 458 g/mol. The molecule has 3 saturated carbocycles. The second kappa shape index (κ2) is 9.52. The lowest BCUT2D eigenvalue weighted by Crippen LogP contribution is -2.51. The number of unbranched alkanes of at least 4 members (excludes halogenated alkanes) is 3. The Bertz CT molecular complexity index is 677. The zero-order valence-corrected chi connectivity index (χ0v) is 23.6. The minimum Gasteiger partial charge on any atom is -0.414 e. The van der Waals surface area contributed by atoms with Crippen LogP contribution >= 0.6 is 0 Å². The van der Waals surface area contributed by atoms with E-state index >= 15 is 0 Å². The van der Waals surface area contributed by atoms with E-state index < -0.39 is 8.32 Å². The maximum atomic E-state index is 6.58. The van der Waals surface area contributed by atoms with Crippen LogP contribution in [0.5, 0.6) is 0 Å². The molecule has 0 aromatic heterocycles. The van der Waals surface area contributed by atoms with E-state index in [0.29, 0.717) is 16.9 Å². The molecule has 0 heterocycles. The van der Waals surface area contributed by atoms with E-state index in [-0.39, 0.29) is 0 Å². The number of hydrogen-bond acceptors (Lipinski definition) is 1. The highest BCUT2D eigenvalue weighted by Crippen LogP contribution is 2.67. The molecule has 0 spiro atoms. The second-order valence-corrected chi connectivity index (χ2v) is 18.4. The van der Waals surface area contributed by atoms with Crippen LogP contribution in [0.3, 0.4) is 0 Å². The van der Waals surface area contributed by atoms with Gasteiger partial charge in [-0.2, -0.15) is 0 Å². The van der Waals surface area contributed by atoms with Crippen molar-refractivity contribution in [3.63, 3.8) is 0 Å². The molecule has 0 amide bonds. The summed E-state index contributed by atoms with van der Waals surface area (Å²) in [6.45, 7) is 17.4. The van der Waals surface area contributed by atoms with E-state index in [9.17, 15) is 0 Å². The van der Waals surface area contributed by atoms with Gasteiger partial charge in [-0.1, -0.05) is 71.4 Å². The quantitative estimate of drug-likeness (QED) is 0.200. The average molecular weight is 459 g/mol. The highest BCUT2D eigenvalue weighted by Gasteiger charge is 2.59. The molecular weight excluding hydrogens is 404 g/mol. The van der Waals surface area contributed by atoms with Gasteiger partial charge in [0.25, 0.3) is 0 Å². The van der Waals surface area contributed by atoms with E-state index in [1.807, 2.05) is 0 Å². The van der Waals surface area contributed by atoms with E-state index in [1.54, 1.807) is 5.57 Å². The lowest BCUT2D eigenvalue weighted by atomic mass is 9.47. The first-order chi connectivity index (χ1) is 15.1. The number of allylic oxidation sites excluding steroid dienone is 1. The van der Waals surface area contributed by atoms with Crippen molar-refractivity contribution in [2.75, 3.05) is 0 Å². The Hall–Kier alpha value is -0.0831. The summed E-state index contributed by atoms with van der Waals surface area (Å²) in [7, 11) is -1.45. The molecule has 0 saturated heterocycles. The van der Waals surface area contributed by atoms with Crippen LogP contribution < -0.4 is 0 Å². The molecule has 32 heavy (non-hydrogen) atoms. The third-order valence-electron chi connectivity index (χ3n) is 10.9. The third kappa shape index (κ3) is 4.71. The minimum atomic E-state index is -1.45. The van der Waals surface area contributed by atoms with Crippen LogP contribution in [0.2, 0.25) is 19.6 Å². The van der Waals surface area contributed by atoms with Crippen molar-refractivity contribution in [2.45, 2.75) is 137 Å². The molecule has 0 aromatic carbocycles. The minimum absolute atomic E-state index is 0.466. The first kappa shape index (κ1) is 25.0. The van der Waals surface area contributed by atoms with Gasteiger partial charge in [0.05, 0.1) is 0 Å². The molecule has 8 atom stereocenters. The molecule has 3 fully saturated rings. The number of rotatable bonds is 8. The summed E-state index contributed by atoms with van der Waals surface area (Å²) in [5, 5.41) is 0. The summed E-state index contributed by atoms with van der Waals surface area (Å²) in [5.74, 6) is 4.78. The fourth-order valence-electron chi connectivity index (χ4n) is 9.30. The summed E-state index contributed by atoms with van der Waals surface area (Å²) in [4.78, 5) is 0. The van der Waals surface area contributed by atoms with Crippen molar-refractivity contribution < 1.29 is 4.43 Å². The molecule has 4 rings (SSSR count). The van der Waals surface area contributed by atoms with E-state index in [1.165, 1.54) is 83.5 Å². The van der Waals surface area contributed by atoms with Crippen LogP contribution in [-0.4, -0.2) is 14.4 Å². The highest BCUT2D eigenvalue weighted by atomic mass is 28.4. The third-order valence-corrected chi connectivity index (χ3v) is 11.9. The molecule has 184 valence electrons. The Morgan fingerprint density at radius 2 is 1.78 bits per heavy atom. The normalized spacial score (nSPS) is 42.6. The first-order valence-corrected chi connectivity index (χ1v) is 17.9. The van der Waals surface area contributed by atoms with Gasteiger partial charge >= 0.3 is 0 Å². The molecule has 0 bridgehead atoms. The van der Waals surface area contributed by atoms with Crippen molar-refractivity contribution >= 4 is 8.32 Å². The van der Waals surface area contributed by atoms with Crippen molar-refractivity contribution in [1.82, 2.24) is 0 Å². The van der Waals surface area contributed by atoms with Crippen molar-refractivity contribution in [1.29, 1.82) is 0 Å². The van der Waals surface area contributed by atoms with Crippen LogP contribution in [0.4, 0.5) is 0 Å². The lowest BCUT2D eigenvalue weighted by molar-refractivity contribution is -0.0562. The second-order valence-electron chi connectivity index (χ2n) is 13.9. The molecule has 4 aliphatic rings. The van der Waals surface area contributed by atoms with Crippen molar-refractivity contribution in [3.05, 3.63) is 11.6 Å². The average Bonchev–Trinajstić information content (AvgIpc) is 3.07. The Kier molecular flexibility index (Phi) is 7.44. The van der Waals surface area contributed by atoms with Gasteiger partial charge in [0, 0.05) is 6.10 Å². The van der Waals surface area contributed by atoms with Crippen LogP contribution in [0.25, 0.3) is 0 Å². The van der Waals surface area contributed by atoms with Gasteiger partial charge in [-0.3, -0.25) is 0 Å². The molecule has 2 heteroatoms. The smallest absolute Gasteiger partial charge is 0.184 e. The van der Waals surface area contributed by atoms with Crippen molar-refractivity contribution in [2.24, 2.45) is 40.4 Å². The predicted molar refractivity (Wildman–Crippen MR) is 141 cm³/mol. The standard InChI is InChI=1S/C30H54OSi/c1-8-9-10-11-12-22(2)26-15-16-27-25-14-13-23-21-24(31-32(5,6)7)17-19-29(23,3)28(25)18-20-30(26,27)4/h13,22,24-28H,8-12,14-21H2,1-7H3/t22-,24+,25+,26-,27+,28+,29+,30-/m1/s1. The van der Waals surface area contributed by atoms with Crippen LogP contribution in [0, 0.1) is 40.4 Å². The maximum absolute atomic E-state index is 6.58. The summed E-state index contributed by atoms with van der Waals surface area (Å²) in [5.41, 5.74) is 2.87. The largest absolute Gasteiger partial charge is 0.414 e. The molecule has 0 aliphatic heterocycles. The predicted octanol–water partition coefficient (Wildman–Crippen LogP) is 9.39. The topological polar surface area (TPSA) is 9.23 Å². The molecule has 0 unspecified atom stereocenters. The molecule has 4 aliphatic carbocycles. The zero-order valence-electron chi connectivity index (χ0n) is 22.6. The fraction of sp³-hybridized carbons (Fsp3) is 0.933. The zero-order chi connectivity index (χ0) is 23.1. The summed E-state index contributed by atoms with van der Waals surface area (Å²) in [6.07, 6.45) is 21.7. The van der Waals surface area contributed by atoms with E-state index in [2.05, 4.69) is 53.4 Å². The van der Waals surface area contributed by atoms with Gasteiger partial charge in [-0.25, -0.2) is 0 Å². The Labute approximate surface area is 201 Å². The number of hydrogen-bond donors (Lipinski definition) is 0. The summed E-state index contributed by atoms with van der Waals surface area (Å²) in [6, 6.07) is 0. The first-order valence-electron chi connectivity index (χ1n) is 14.5. The molecule has 0 aromatic rings. The van der Waals surface area contributed by atoms with Gasteiger partial charge in [-0.15, -0.1) is 0 Å². The summed E-state index contributed by atoms with van der Waals surface area (Å²) >= 11 is 0. The van der Waals surface area contributed by atoms with Crippen molar-refractivity contribution in [3.8, 4) is 0 Å². The van der Waals surface area contributed by atoms with Crippen LogP contribution in [-0.2, 0) is 4.43 Å². The van der Waals surface area contributed by atoms with Gasteiger partial charge in [0.1, 0.15) is 0 Å². The van der Waals surface area contributed by atoms with Gasteiger partial charge in [0.15, 0.2) is 8.32 Å². The Morgan fingerprint density at radius 3 is 2.50 bits per heavy atom. The summed E-state index contributed by atoms with van der Waals surface area (Å²) < 4.78 is 6.58. The van der Waals surface area contributed by atoms with Crippen LogP contribution in [0.15, 0.2) is 11.6 Å². The number of fused-ring (bicyclic) bond motifs is 5. The van der Waals surface area contributed by atoms with Gasteiger partial charge < -0.3 is 4.43 Å². The van der Waals surface area contributed by atoms with E-state index in [0.717, 1.165) is 29.6 Å².